The Balaban J connectivity index is 2.32. The molecule has 0 nitrogen and oxygen atoms in total. The number of halogens is 1. The minimum absolute atomic E-state index is 0.866. The Morgan fingerprint density at radius 2 is 1.85 bits per heavy atom. The Morgan fingerprint density at radius 1 is 1.08 bits per heavy atom. The lowest BCUT2D eigenvalue weighted by Gasteiger charge is -2.10. The zero-order valence-corrected chi connectivity index (χ0v) is 8.09. The number of benzene rings is 1. The molecule has 0 spiro atoms. The van der Waals surface area contributed by atoms with E-state index in [9.17, 15) is 0 Å². The Hall–Kier alpha value is -1.01. The SMILES string of the molecule is ClC1=CCCC(c2ccccc2)=C1. The topological polar surface area (TPSA) is 0 Å². The van der Waals surface area contributed by atoms with Crippen molar-refractivity contribution in [2.45, 2.75) is 12.8 Å². The van der Waals surface area contributed by atoms with Crippen molar-refractivity contribution in [3.63, 3.8) is 0 Å². The summed E-state index contributed by atoms with van der Waals surface area (Å²) < 4.78 is 0. The molecule has 0 fully saturated rings. The van der Waals surface area contributed by atoms with Crippen molar-refractivity contribution in [1.82, 2.24) is 0 Å². The van der Waals surface area contributed by atoms with Crippen LogP contribution in [0.1, 0.15) is 18.4 Å². The summed E-state index contributed by atoms with van der Waals surface area (Å²) in [5.74, 6) is 0. The molecule has 0 radical (unpaired) electrons. The van der Waals surface area contributed by atoms with Gasteiger partial charge in [0, 0.05) is 5.03 Å². The average Bonchev–Trinajstić information content (AvgIpc) is 2.19. The maximum absolute atomic E-state index is 5.95. The van der Waals surface area contributed by atoms with Crippen LogP contribution in [0.5, 0.6) is 0 Å². The Morgan fingerprint density at radius 3 is 2.54 bits per heavy atom. The fourth-order valence-electron chi connectivity index (χ4n) is 1.54. The van der Waals surface area contributed by atoms with Crippen LogP contribution in [0.4, 0.5) is 0 Å². The predicted molar refractivity (Wildman–Crippen MR) is 57.6 cm³/mol. The molecule has 2 rings (SSSR count). The first-order chi connectivity index (χ1) is 6.36. The lowest BCUT2D eigenvalue weighted by molar-refractivity contribution is 1.05. The van der Waals surface area contributed by atoms with E-state index < -0.39 is 0 Å². The predicted octanol–water partition coefficient (Wildman–Crippen LogP) is 3.99. The van der Waals surface area contributed by atoms with Gasteiger partial charge in [0.05, 0.1) is 0 Å². The van der Waals surface area contributed by atoms with Gasteiger partial charge in [0.2, 0.25) is 0 Å². The van der Waals surface area contributed by atoms with Gasteiger partial charge in [0.15, 0.2) is 0 Å². The van der Waals surface area contributed by atoms with Crippen molar-refractivity contribution in [2.24, 2.45) is 0 Å². The van der Waals surface area contributed by atoms with Gasteiger partial charge in [-0.15, -0.1) is 0 Å². The van der Waals surface area contributed by atoms with Crippen LogP contribution < -0.4 is 0 Å². The highest BCUT2D eigenvalue weighted by atomic mass is 35.5. The van der Waals surface area contributed by atoms with E-state index in [-0.39, 0.29) is 0 Å². The highest BCUT2D eigenvalue weighted by molar-refractivity contribution is 6.31. The molecular weight excluding hydrogens is 180 g/mol. The smallest absolute Gasteiger partial charge is 0.0369 e. The van der Waals surface area contributed by atoms with Crippen LogP contribution in [0, 0.1) is 0 Å². The van der Waals surface area contributed by atoms with Gasteiger partial charge in [-0.3, -0.25) is 0 Å². The van der Waals surface area contributed by atoms with Gasteiger partial charge in [-0.1, -0.05) is 48.0 Å². The van der Waals surface area contributed by atoms with Crippen LogP contribution in [-0.4, -0.2) is 0 Å². The zero-order valence-electron chi connectivity index (χ0n) is 7.33. The Labute approximate surface area is 83.5 Å². The number of hydrogen-bond donors (Lipinski definition) is 0. The van der Waals surface area contributed by atoms with E-state index in [1.165, 1.54) is 11.1 Å². The lowest BCUT2D eigenvalue weighted by Crippen LogP contribution is -1.88. The van der Waals surface area contributed by atoms with Gasteiger partial charge in [-0.25, -0.2) is 0 Å². The fourth-order valence-corrected chi connectivity index (χ4v) is 1.78. The van der Waals surface area contributed by atoms with Crippen LogP contribution in [0.3, 0.4) is 0 Å². The molecule has 0 bridgehead atoms. The summed E-state index contributed by atoms with van der Waals surface area (Å²) >= 11 is 5.95. The minimum Gasteiger partial charge on any atom is -0.0847 e. The third-order valence-corrected chi connectivity index (χ3v) is 2.47. The summed E-state index contributed by atoms with van der Waals surface area (Å²) in [6.45, 7) is 0. The molecular formula is C12H11Cl. The molecule has 1 aliphatic rings. The molecule has 0 unspecified atom stereocenters. The standard InChI is InChI=1S/C12H11Cl/c13-12-8-4-7-11(9-12)10-5-2-1-3-6-10/h1-3,5-6,8-9H,4,7H2. The van der Waals surface area contributed by atoms with Crippen LogP contribution in [-0.2, 0) is 0 Å². The lowest BCUT2D eigenvalue weighted by atomic mass is 9.97. The summed E-state index contributed by atoms with van der Waals surface area (Å²) in [6, 6.07) is 10.4. The van der Waals surface area contributed by atoms with Gasteiger partial charge in [0.1, 0.15) is 0 Å². The third kappa shape index (κ3) is 2.02. The van der Waals surface area contributed by atoms with Crippen molar-refractivity contribution in [3.8, 4) is 0 Å². The van der Waals surface area contributed by atoms with Gasteiger partial charge < -0.3 is 0 Å². The van der Waals surface area contributed by atoms with E-state index in [1.807, 2.05) is 6.07 Å². The first kappa shape index (κ1) is 8.58. The monoisotopic (exact) mass is 190 g/mol. The highest BCUT2D eigenvalue weighted by Gasteiger charge is 2.05. The van der Waals surface area contributed by atoms with Crippen LogP contribution in [0.25, 0.3) is 5.57 Å². The molecule has 0 aliphatic heterocycles. The highest BCUT2D eigenvalue weighted by Crippen LogP contribution is 2.27. The second-order valence-corrected chi connectivity index (χ2v) is 3.60. The summed E-state index contributed by atoms with van der Waals surface area (Å²) in [7, 11) is 0. The van der Waals surface area contributed by atoms with Crippen molar-refractivity contribution >= 4 is 17.2 Å². The molecule has 1 aliphatic carbocycles. The van der Waals surface area contributed by atoms with Gasteiger partial charge in [0.25, 0.3) is 0 Å². The second kappa shape index (κ2) is 3.80. The van der Waals surface area contributed by atoms with Crippen molar-refractivity contribution in [1.29, 1.82) is 0 Å². The minimum atomic E-state index is 0.866. The molecule has 1 aromatic carbocycles. The van der Waals surface area contributed by atoms with E-state index in [4.69, 9.17) is 11.6 Å². The fraction of sp³-hybridized carbons (Fsp3) is 0.167. The van der Waals surface area contributed by atoms with E-state index in [0.29, 0.717) is 0 Å². The van der Waals surface area contributed by atoms with Crippen molar-refractivity contribution in [3.05, 3.63) is 53.1 Å². The molecule has 0 N–H and O–H groups in total. The summed E-state index contributed by atoms with van der Waals surface area (Å²) in [5, 5.41) is 0.866. The summed E-state index contributed by atoms with van der Waals surface area (Å²) in [6.07, 6.45) is 6.27. The maximum Gasteiger partial charge on any atom is 0.0369 e. The van der Waals surface area contributed by atoms with Crippen LogP contribution in [0.2, 0.25) is 0 Å². The molecule has 0 aromatic heterocycles. The molecule has 66 valence electrons. The molecule has 1 aromatic rings. The Kier molecular flexibility index (Phi) is 2.51. The van der Waals surface area contributed by atoms with Gasteiger partial charge in [-0.2, -0.15) is 0 Å². The molecule has 0 saturated heterocycles. The molecule has 1 heteroatoms. The normalized spacial score (nSPS) is 16.4. The van der Waals surface area contributed by atoms with Crippen LogP contribution >= 0.6 is 11.6 Å². The van der Waals surface area contributed by atoms with E-state index in [0.717, 1.165) is 17.9 Å². The average molecular weight is 191 g/mol. The largest absolute Gasteiger partial charge is 0.0847 e. The first-order valence-electron chi connectivity index (χ1n) is 4.48. The van der Waals surface area contributed by atoms with Crippen molar-refractivity contribution < 1.29 is 0 Å². The summed E-state index contributed by atoms with van der Waals surface area (Å²) in [4.78, 5) is 0. The molecule has 0 amide bonds. The third-order valence-electron chi connectivity index (χ3n) is 2.21. The van der Waals surface area contributed by atoms with E-state index in [2.05, 4.69) is 36.4 Å². The van der Waals surface area contributed by atoms with Crippen molar-refractivity contribution in [2.75, 3.05) is 0 Å². The molecule has 0 saturated carbocycles. The van der Waals surface area contributed by atoms with E-state index in [1.54, 1.807) is 0 Å². The number of hydrogen-bond acceptors (Lipinski definition) is 0. The second-order valence-electron chi connectivity index (χ2n) is 3.16. The number of allylic oxidation sites excluding steroid dienone is 4. The van der Waals surface area contributed by atoms with Gasteiger partial charge in [-0.05, 0) is 30.1 Å². The maximum atomic E-state index is 5.95. The number of rotatable bonds is 1. The summed E-state index contributed by atoms with van der Waals surface area (Å²) in [5.41, 5.74) is 2.63. The first-order valence-corrected chi connectivity index (χ1v) is 4.86. The van der Waals surface area contributed by atoms with Crippen LogP contribution in [0.15, 0.2) is 47.5 Å². The molecule has 0 heterocycles. The quantitative estimate of drug-likeness (QED) is 0.628. The van der Waals surface area contributed by atoms with E-state index >= 15 is 0 Å². The molecule has 13 heavy (non-hydrogen) atoms. The molecule has 0 atom stereocenters. The van der Waals surface area contributed by atoms with Gasteiger partial charge >= 0.3 is 0 Å². The zero-order chi connectivity index (χ0) is 9.10. The Bertz CT molecular complexity index is 347.